The van der Waals surface area contributed by atoms with E-state index in [-0.39, 0.29) is 29.9 Å². The van der Waals surface area contributed by atoms with Gasteiger partial charge in [0, 0.05) is 25.2 Å². The third-order valence-corrected chi connectivity index (χ3v) is 4.34. The molecule has 0 aliphatic carbocycles. The maximum absolute atomic E-state index is 12.8. The van der Waals surface area contributed by atoms with Crippen LogP contribution >= 0.6 is 12.4 Å². The summed E-state index contributed by atoms with van der Waals surface area (Å²) in [6.07, 6.45) is 2.00. The van der Waals surface area contributed by atoms with Crippen molar-refractivity contribution in [1.82, 2.24) is 20.0 Å². The van der Waals surface area contributed by atoms with Crippen LogP contribution in [0.15, 0.2) is 47.3 Å². The monoisotopic (exact) mass is 362 g/mol. The number of likely N-dealkylation sites (tertiary alicyclic amines) is 1. The zero-order chi connectivity index (χ0) is 16.9. The quantitative estimate of drug-likeness (QED) is 0.876. The summed E-state index contributed by atoms with van der Waals surface area (Å²) in [7, 11) is 1.89. The van der Waals surface area contributed by atoms with Crippen LogP contribution < -0.4 is 10.9 Å². The molecule has 1 aliphatic rings. The van der Waals surface area contributed by atoms with Crippen LogP contribution in [0.3, 0.4) is 0 Å². The zero-order valence-electron chi connectivity index (χ0n) is 14.2. The van der Waals surface area contributed by atoms with E-state index in [1.54, 1.807) is 0 Å². The van der Waals surface area contributed by atoms with Gasteiger partial charge >= 0.3 is 0 Å². The summed E-state index contributed by atoms with van der Waals surface area (Å²) >= 11 is 0. The van der Waals surface area contributed by atoms with Crippen molar-refractivity contribution < 1.29 is 4.79 Å². The predicted molar refractivity (Wildman–Crippen MR) is 99.3 cm³/mol. The number of nitrogens with one attached hydrogen (secondary N) is 1. The van der Waals surface area contributed by atoms with E-state index in [0.29, 0.717) is 12.2 Å². The van der Waals surface area contributed by atoms with Gasteiger partial charge in [0.25, 0.3) is 11.5 Å². The van der Waals surface area contributed by atoms with Crippen molar-refractivity contribution in [2.45, 2.75) is 25.4 Å². The number of carbonyl (C=O) groups excluding carboxylic acids is 1. The molecular weight excluding hydrogens is 340 g/mol. The number of halogens is 1. The van der Waals surface area contributed by atoms with Gasteiger partial charge in [-0.2, -0.15) is 5.10 Å². The number of hydrogen-bond acceptors (Lipinski definition) is 4. The summed E-state index contributed by atoms with van der Waals surface area (Å²) in [4.78, 5) is 26.7. The number of likely N-dealkylation sites (N-methyl/N-ethyl adjacent to an activating group) is 1. The molecule has 1 amide bonds. The Balaban J connectivity index is 0.00000225. The molecule has 2 heterocycles. The fourth-order valence-corrected chi connectivity index (χ4v) is 3.13. The Morgan fingerprint density at radius 2 is 2.00 bits per heavy atom. The van der Waals surface area contributed by atoms with Crippen molar-refractivity contribution in [3.63, 3.8) is 0 Å². The van der Waals surface area contributed by atoms with E-state index in [4.69, 9.17) is 0 Å². The van der Waals surface area contributed by atoms with Gasteiger partial charge in [-0.05, 0) is 31.5 Å². The molecule has 0 spiro atoms. The number of nitrogens with zero attached hydrogens (tertiary/aromatic N) is 3. The molecule has 6 nitrogen and oxygen atoms in total. The van der Waals surface area contributed by atoms with Gasteiger partial charge in [-0.1, -0.05) is 30.3 Å². The van der Waals surface area contributed by atoms with Gasteiger partial charge in [0.1, 0.15) is 5.69 Å². The van der Waals surface area contributed by atoms with Crippen molar-refractivity contribution in [3.8, 4) is 0 Å². The molecule has 7 heteroatoms. The number of carbonyl (C=O) groups is 1. The van der Waals surface area contributed by atoms with E-state index in [9.17, 15) is 9.59 Å². The van der Waals surface area contributed by atoms with Crippen LogP contribution in [0.4, 0.5) is 0 Å². The van der Waals surface area contributed by atoms with E-state index in [2.05, 4.69) is 10.4 Å². The fraction of sp³-hybridized carbons (Fsp3) is 0.389. The predicted octanol–water partition coefficient (Wildman–Crippen LogP) is 1.54. The first kappa shape index (κ1) is 19.1. The van der Waals surface area contributed by atoms with Gasteiger partial charge in [0.15, 0.2) is 0 Å². The molecule has 25 heavy (non-hydrogen) atoms. The first-order valence-electron chi connectivity index (χ1n) is 8.26. The van der Waals surface area contributed by atoms with Crippen LogP contribution in [0.2, 0.25) is 0 Å². The second-order valence-corrected chi connectivity index (χ2v) is 6.05. The minimum Gasteiger partial charge on any atom is -0.333 e. The topological polar surface area (TPSA) is 67.2 Å². The fourth-order valence-electron chi connectivity index (χ4n) is 3.13. The Morgan fingerprint density at radius 1 is 1.24 bits per heavy atom. The Hall–Kier alpha value is -2.18. The molecule has 1 atom stereocenters. The summed E-state index contributed by atoms with van der Waals surface area (Å²) in [5, 5.41) is 7.43. The molecule has 2 aromatic rings. The Bertz CT molecular complexity index is 763. The van der Waals surface area contributed by atoms with Crippen LogP contribution in [0.1, 0.15) is 28.9 Å². The van der Waals surface area contributed by atoms with E-state index in [0.717, 1.165) is 31.5 Å². The van der Waals surface area contributed by atoms with Crippen LogP contribution in [0.5, 0.6) is 0 Å². The molecule has 0 saturated carbocycles. The third-order valence-electron chi connectivity index (χ3n) is 4.34. The summed E-state index contributed by atoms with van der Waals surface area (Å²) in [5.41, 5.74) is 1.10. The number of rotatable bonds is 5. The molecule has 1 aromatic heterocycles. The van der Waals surface area contributed by atoms with Crippen molar-refractivity contribution in [3.05, 3.63) is 64.1 Å². The van der Waals surface area contributed by atoms with Crippen molar-refractivity contribution in [2.75, 3.05) is 20.1 Å². The molecule has 1 aromatic carbocycles. The highest BCUT2D eigenvalue weighted by Crippen LogP contribution is 2.18. The summed E-state index contributed by atoms with van der Waals surface area (Å²) in [6, 6.07) is 12.8. The maximum Gasteiger partial charge on any atom is 0.274 e. The average molecular weight is 363 g/mol. The van der Waals surface area contributed by atoms with Gasteiger partial charge in [-0.3, -0.25) is 9.59 Å². The van der Waals surface area contributed by atoms with Crippen molar-refractivity contribution in [1.29, 1.82) is 0 Å². The molecule has 0 radical (unpaired) electrons. The molecule has 1 saturated heterocycles. The van der Waals surface area contributed by atoms with Crippen LogP contribution in [0.25, 0.3) is 0 Å². The van der Waals surface area contributed by atoms with Gasteiger partial charge in [0.2, 0.25) is 0 Å². The average Bonchev–Trinajstić information content (AvgIpc) is 3.06. The largest absolute Gasteiger partial charge is 0.333 e. The first-order valence-corrected chi connectivity index (χ1v) is 8.26. The third kappa shape index (κ3) is 4.46. The molecule has 1 unspecified atom stereocenters. The highest BCUT2D eigenvalue weighted by atomic mass is 35.5. The molecule has 3 rings (SSSR count). The van der Waals surface area contributed by atoms with Crippen molar-refractivity contribution >= 4 is 18.3 Å². The molecule has 134 valence electrons. The summed E-state index contributed by atoms with van der Waals surface area (Å²) in [6.45, 7) is 1.88. The molecular formula is C18H23ClN4O2. The lowest BCUT2D eigenvalue weighted by Gasteiger charge is -2.24. The molecule has 1 N–H and O–H groups in total. The Labute approximate surface area is 153 Å². The smallest absolute Gasteiger partial charge is 0.274 e. The second-order valence-electron chi connectivity index (χ2n) is 6.05. The second kappa shape index (κ2) is 8.78. The Morgan fingerprint density at radius 3 is 2.72 bits per heavy atom. The van der Waals surface area contributed by atoms with E-state index < -0.39 is 0 Å². The van der Waals surface area contributed by atoms with Crippen molar-refractivity contribution in [2.24, 2.45) is 0 Å². The molecule has 1 aliphatic heterocycles. The maximum atomic E-state index is 12.8. The lowest BCUT2D eigenvalue weighted by atomic mass is 10.2. The Kier molecular flexibility index (Phi) is 6.73. The van der Waals surface area contributed by atoms with Gasteiger partial charge < -0.3 is 10.2 Å². The minimum absolute atomic E-state index is 0. The highest BCUT2D eigenvalue weighted by molar-refractivity contribution is 5.92. The summed E-state index contributed by atoms with van der Waals surface area (Å²) < 4.78 is 1.35. The first-order chi connectivity index (χ1) is 11.7. The number of hydrogen-bond donors (Lipinski definition) is 1. The van der Waals surface area contributed by atoms with E-state index in [1.165, 1.54) is 16.8 Å². The van der Waals surface area contributed by atoms with Gasteiger partial charge in [-0.25, -0.2) is 4.68 Å². The van der Waals surface area contributed by atoms with Crippen LogP contribution in [0, 0.1) is 0 Å². The minimum atomic E-state index is -0.205. The SMILES string of the molecule is CNCC1CCCN1C(=O)c1ccc(=O)n(Cc2ccccc2)n1.Cl. The summed E-state index contributed by atoms with van der Waals surface area (Å²) in [5.74, 6) is -0.102. The number of amides is 1. The van der Waals surface area contributed by atoms with Crippen LogP contribution in [-0.2, 0) is 6.54 Å². The van der Waals surface area contributed by atoms with E-state index in [1.807, 2.05) is 42.3 Å². The number of aromatic nitrogens is 2. The lowest BCUT2D eigenvalue weighted by Crippen LogP contribution is -2.41. The normalized spacial score (nSPS) is 16.5. The zero-order valence-corrected chi connectivity index (χ0v) is 15.0. The van der Waals surface area contributed by atoms with Crippen LogP contribution in [-0.4, -0.2) is 46.8 Å². The standard InChI is InChI=1S/C18H22N4O2.ClH/c1-19-12-15-8-5-11-21(15)18(24)16-9-10-17(23)22(20-16)13-14-6-3-2-4-7-14;/h2-4,6-7,9-10,15,19H,5,8,11-13H2,1H3;1H. The van der Waals surface area contributed by atoms with Gasteiger partial charge in [0.05, 0.1) is 6.54 Å². The van der Waals surface area contributed by atoms with Gasteiger partial charge in [-0.15, -0.1) is 12.4 Å². The molecule has 1 fully saturated rings. The van der Waals surface area contributed by atoms with E-state index >= 15 is 0 Å². The highest BCUT2D eigenvalue weighted by Gasteiger charge is 2.29. The number of benzene rings is 1. The molecule has 0 bridgehead atoms. The lowest BCUT2D eigenvalue weighted by molar-refractivity contribution is 0.0728.